The SMILES string of the molecule is CC(C)N1CCC(NC(=O)C(C)(C)N)CC1. The van der Waals surface area contributed by atoms with Crippen molar-refractivity contribution in [2.75, 3.05) is 13.1 Å². The van der Waals surface area contributed by atoms with Gasteiger partial charge in [-0.05, 0) is 40.5 Å². The summed E-state index contributed by atoms with van der Waals surface area (Å²) in [7, 11) is 0. The summed E-state index contributed by atoms with van der Waals surface area (Å²) in [6.45, 7) is 10.0. The van der Waals surface area contributed by atoms with Crippen LogP contribution in [0, 0.1) is 0 Å². The molecule has 0 atom stereocenters. The maximum atomic E-state index is 11.7. The second-order valence-corrected chi connectivity index (χ2v) is 5.60. The third-order valence-electron chi connectivity index (χ3n) is 3.18. The molecule has 0 unspecified atom stereocenters. The van der Waals surface area contributed by atoms with Crippen molar-refractivity contribution in [1.82, 2.24) is 10.2 Å². The lowest BCUT2D eigenvalue weighted by Crippen LogP contribution is -2.54. The van der Waals surface area contributed by atoms with E-state index < -0.39 is 5.54 Å². The minimum absolute atomic E-state index is 0.0458. The van der Waals surface area contributed by atoms with Gasteiger partial charge >= 0.3 is 0 Å². The van der Waals surface area contributed by atoms with E-state index >= 15 is 0 Å². The first-order valence-electron chi connectivity index (χ1n) is 6.14. The Morgan fingerprint density at radius 3 is 2.25 bits per heavy atom. The predicted molar refractivity (Wildman–Crippen MR) is 66.1 cm³/mol. The zero-order valence-corrected chi connectivity index (χ0v) is 10.9. The number of piperidine rings is 1. The molecule has 1 amide bonds. The van der Waals surface area contributed by atoms with Crippen LogP contribution in [0.5, 0.6) is 0 Å². The summed E-state index contributed by atoms with van der Waals surface area (Å²) >= 11 is 0. The van der Waals surface area contributed by atoms with E-state index in [2.05, 4.69) is 24.1 Å². The Hall–Kier alpha value is -0.610. The summed E-state index contributed by atoms with van der Waals surface area (Å²) < 4.78 is 0. The molecule has 4 nitrogen and oxygen atoms in total. The van der Waals surface area contributed by atoms with Gasteiger partial charge in [0.05, 0.1) is 5.54 Å². The molecule has 94 valence electrons. The minimum atomic E-state index is -0.769. The molecule has 1 fully saturated rings. The number of nitrogens with two attached hydrogens (primary N) is 1. The molecule has 16 heavy (non-hydrogen) atoms. The largest absolute Gasteiger partial charge is 0.352 e. The van der Waals surface area contributed by atoms with Gasteiger partial charge < -0.3 is 16.0 Å². The molecule has 1 aliphatic rings. The Balaban J connectivity index is 2.35. The summed E-state index contributed by atoms with van der Waals surface area (Å²) in [5.41, 5.74) is 4.98. The van der Waals surface area contributed by atoms with Gasteiger partial charge in [-0.15, -0.1) is 0 Å². The standard InChI is InChI=1S/C12H25N3O/c1-9(2)15-7-5-10(6-8-15)14-11(16)12(3,4)13/h9-10H,5-8,13H2,1-4H3,(H,14,16). The van der Waals surface area contributed by atoms with E-state index in [1.165, 1.54) is 0 Å². The first kappa shape index (κ1) is 13.5. The fraction of sp³-hybridized carbons (Fsp3) is 0.917. The van der Waals surface area contributed by atoms with Crippen LogP contribution < -0.4 is 11.1 Å². The first-order chi connectivity index (χ1) is 7.30. The van der Waals surface area contributed by atoms with Crippen molar-refractivity contribution in [3.05, 3.63) is 0 Å². The monoisotopic (exact) mass is 227 g/mol. The Labute approximate surface area is 98.6 Å². The van der Waals surface area contributed by atoms with Crippen LogP contribution >= 0.6 is 0 Å². The predicted octanol–water partition coefficient (Wildman–Crippen LogP) is 0.713. The van der Waals surface area contributed by atoms with Gasteiger partial charge in [0.2, 0.25) is 5.91 Å². The molecule has 0 aromatic heterocycles. The molecule has 0 saturated carbocycles. The molecule has 4 heteroatoms. The van der Waals surface area contributed by atoms with Crippen LogP contribution in [0.2, 0.25) is 0 Å². The summed E-state index contributed by atoms with van der Waals surface area (Å²) in [6.07, 6.45) is 2.06. The zero-order valence-electron chi connectivity index (χ0n) is 10.9. The van der Waals surface area contributed by atoms with Gasteiger partial charge in [-0.2, -0.15) is 0 Å². The number of nitrogens with one attached hydrogen (secondary N) is 1. The second kappa shape index (κ2) is 5.15. The molecule has 0 bridgehead atoms. The number of nitrogens with zero attached hydrogens (tertiary/aromatic N) is 1. The third-order valence-corrected chi connectivity index (χ3v) is 3.18. The van der Waals surface area contributed by atoms with Crippen molar-refractivity contribution in [3.63, 3.8) is 0 Å². The van der Waals surface area contributed by atoms with Crippen molar-refractivity contribution in [1.29, 1.82) is 0 Å². The van der Waals surface area contributed by atoms with Crippen LogP contribution in [-0.2, 0) is 4.79 Å². The van der Waals surface area contributed by atoms with Crippen LogP contribution in [0.15, 0.2) is 0 Å². The van der Waals surface area contributed by atoms with Crippen LogP contribution in [0.25, 0.3) is 0 Å². The smallest absolute Gasteiger partial charge is 0.239 e. The van der Waals surface area contributed by atoms with Gasteiger partial charge in [-0.25, -0.2) is 0 Å². The first-order valence-corrected chi connectivity index (χ1v) is 6.14. The highest BCUT2D eigenvalue weighted by Gasteiger charge is 2.27. The molecule has 3 N–H and O–H groups in total. The van der Waals surface area contributed by atoms with Crippen molar-refractivity contribution < 1.29 is 4.79 Å². The van der Waals surface area contributed by atoms with Crippen LogP contribution in [0.1, 0.15) is 40.5 Å². The van der Waals surface area contributed by atoms with Gasteiger partial charge in [0, 0.05) is 25.2 Å². The average Bonchev–Trinajstić information content (AvgIpc) is 2.17. The fourth-order valence-corrected chi connectivity index (χ4v) is 1.93. The number of rotatable bonds is 3. The topological polar surface area (TPSA) is 58.4 Å². The molecule has 1 rings (SSSR count). The lowest BCUT2D eigenvalue weighted by Gasteiger charge is -2.35. The van der Waals surface area contributed by atoms with E-state index in [1.807, 2.05) is 0 Å². The van der Waals surface area contributed by atoms with Crippen LogP contribution in [0.4, 0.5) is 0 Å². The Kier molecular flexibility index (Phi) is 4.33. The highest BCUT2D eigenvalue weighted by molar-refractivity contribution is 5.85. The van der Waals surface area contributed by atoms with Crippen molar-refractivity contribution in [3.8, 4) is 0 Å². The normalized spacial score (nSPS) is 20.1. The van der Waals surface area contributed by atoms with E-state index in [1.54, 1.807) is 13.8 Å². The van der Waals surface area contributed by atoms with E-state index in [0.717, 1.165) is 25.9 Å². The average molecular weight is 227 g/mol. The highest BCUT2D eigenvalue weighted by atomic mass is 16.2. The van der Waals surface area contributed by atoms with E-state index in [9.17, 15) is 4.79 Å². The van der Waals surface area contributed by atoms with E-state index in [4.69, 9.17) is 5.73 Å². The van der Waals surface area contributed by atoms with Gasteiger partial charge in [0.25, 0.3) is 0 Å². The number of amides is 1. The quantitative estimate of drug-likeness (QED) is 0.746. The fourth-order valence-electron chi connectivity index (χ4n) is 1.93. The molecule has 0 aliphatic carbocycles. The molecule has 0 radical (unpaired) electrons. The maximum absolute atomic E-state index is 11.7. The van der Waals surface area contributed by atoms with Crippen LogP contribution in [0.3, 0.4) is 0 Å². The Morgan fingerprint density at radius 1 is 1.38 bits per heavy atom. The third kappa shape index (κ3) is 3.76. The number of carbonyl (C=O) groups excluding carboxylic acids is 1. The number of likely N-dealkylation sites (tertiary alicyclic amines) is 1. The Morgan fingerprint density at radius 2 is 1.88 bits per heavy atom. The molecular formula is C12H25N3O. The van der Waals surface area contributed by atoms with Crippen molar-refractivity contribution in [2.45, 2.75) is 58.2 Å². The highest BCUT2D eigenvalue weighted by Crippen LogP contribution is 2.13. The van der Waals surface area contributed by atoms with Gasteiger partial charge in [0.1, 0.15) is 0 Å². The zero-order chi connectivity index (χ0) is 12.3. The number of hydrogen-bond acceptors (Lipinski definition) is 3. The second-order valence-electron chi connectivity index (χ2n) is 5.60. The summed E-state index contributed by atoms with van der Waals surface area (Å²) in [5, 5.41) is 3.03. The van der Waals surface area contributed by atoms with Gasteiger partial charge in [0.15, 0.2) is 0 Å². The molecule has 0 spiro atoms. The lowest BCUT2D eigenvalue weighted by molar-refractivity contribution is -0.126. The van der Waals surface area contributed by atoms with E-state index in [0.29, 0.717) is 12.1 Å². The Bertz CT molecular complexity index is 237. The van der Waals surface area contributed by atoms with E-state index in [-0.39, 0.29) is 5.91 Å². The summed E-state index contributed by atoms with van der Waals surface area (Å²) in [4.78, 5) is 14.1. The van der Waals surface area contributed by atoms with Crippen molar-refractivity contribution >= 4 is 5.91 Å². The number of carbonyl (C=O) groups is 1. The van der Waals surface area contributed by atoms with Gasteiger partial charge in [-0.1, -0.05) is 0 Å². The molecular weight excluding hydrogens is 202 g/mol. The molecule has 1 saturated heterocycles. The molecule has 1 heterocycles. The molecule has 0 aromatic carbocycles. The maximum Gasteiger partial charge on any atom is 0.239 e. The lowest BCUT2D eigenvalue weighted by atomic mass is 10.0. The number of hydrogen-bond donors (Lipinski definition) is 2. The van der Waals surface area contributed by atoms with Crippen molar-refractivity contribution in [2.24, 2.45) is 5.73 Å². The molecule has 0 aromatic rings. The van der Waals surface area contributed by atoms with Crippen LogP contribution in [-0.4, -0.2) is 41.5 Å². The summed E-state index contributed by atoms with van der Waals surface area (Å²) in [6, 6.07) is 0.896. The minimum Gasteiger partial charge on any atom is -0.352 e. The van der Waals surface area contributed by atoms with Gasteiger partial charge in [-0.3, -0.25) is 4.79 Å². The molecule has 1 aliphatic heterocycles. The summed E-state index contributed by atoms with van der Waals surface area (Å²) in [5.74, 6) is -0.0458.